The molecular weight excluding hydrogens is 558 g/mol. The Hall–Kier alpha value is -4.03. The molecule has 3 heterocycles. The lowest BCUT2D eigenvalue weighted by molar-refractivity contribution is -0.141. The maximum Gasteiger partial charge on any atom is 0.433 e. The molecule has 2 bridgehead atoms. The minimum atomic E-state index is -4.68. The minimum absolute atomic E-state index is 0.122. The third-order valence-corrected chi connectivity index (χ3v) is 7.51. The fraction of sp³-hybridized carbons (Fsp3) is 0.483. The Bertz CT molecular complexity index is 1330. The molecule has 2 aromatic rings. The van der Waals surface area contributed by atoms with Gasteiger partial charge in [-0.25, -0.2) is 4.39 Å². The molecule has 0 saturated carbocycles. The molecule has 4 amide bonds. The van der Waals surface area contributed by atoms with Gasteiger partial charge in [-0.3, -0.25) is 24.2 Å². The number of fused-ring (bicyclic) bond motifs is 3. The topological polar surface area (TPSA) is 112 Å². The number of aromatic nitrogens is 1. The Labute approximate surface area is 240 Å². The van der Waals surface area contributed by atoms with E-state index in [1.807, 2.05) is 0 Å². The molecule has 4 rings (SSSR count). The Morgan fingerprint density at radius 2 is 1.86 bits per heavy atom. The lowest BCUT2D eigenvalue weighted by Gasteiger charge is -2.32. The van der Waals surface area contributed by atoms with Gasteiger partial charge >= 0.3 is 6.18 Å². The van der Waals surface area contributed by atoms with E-state index < -0.39 is 59.9 Å². The van der Waals surface area contributed by atoms with Crippen molar-refractivity contribution in [2.45, 2.75) is 57.8 Å². The summed E-state index contributed by atoms with van der Waals surface area (Å²) in [4.78, 5) is 59.0. The molecule has 0 aliphatic carbocycles. The summed E-state index contributed by atoms with van der Waals surface area (Å²) in [6.45, 7) is 3.56. The lowest BCUT2D eigenvalue weighted by Crippen LogP contribution is -2.54. The smallest absolute Gasteiger partial charge is 0.355 e. The van der Waals surface area contributed by atoms with Gasteiger partial charge in [0.1, 0.15) is 17.6 Å². The molecule has 2 aliphatic heterocycles. The van der Waals surface area contributed by atoms with Gasteiger partial charge in [-0.2, -0.15) is 13.2 Å². The number of benzene rings is 1. The highest BCUT2D eigenvalue weighted by molar-refractivity contribution is 5.98. The van der Waals surface area contributed by atoms with Gasteiger partial charge in [-0.05, 0) is 61.4 Å². The quantitative estimate of drug-likeness (QED) is 0.522. The molecular formula is C29H33F4N5O4. The van der Waals surface area contributed by atoms with Gasteiger partial charge in [0.05, 0.1) is 17.7 Å². The van der Waals surface area contributed by atoms with Crippen LogP contribution in [0.1, 0.15) is 65.1 Å². The van der Waals surface area contributed by atoms with E-state index in [4.69, 9.17) is 0 Å². The SMILES string of the molecule is CC(C)[C@@H]1CN(C(=O)c2ccc(C(F)(F)F)nc2)CC(=O)NCCCc2ccc(F)c(c2)C(=O)N2CCC[C@H]2C(=O)N1. The number of hydrogen-bond acceptors (Lipinski definition) is 5. The predicted octanol–water partition coefficient (Wildman–Crippen LogP) is 3.19. The molecule has 13 heteroatoms. The van der Waals surface area contributed by atoms with Gasteiger partial charge in [0.15, 0.2) is 0 Å². The van der Waals surface area contributed by atoms with Crippen molar-refractivity contribution in [2.75, 3.05) is 26.2 Å². The number of amides is 4. The Morgan fingerprint density at radius 3 is 2.52 bits per heavy atom. The monoisotopic (exact) mass is 591 g/mol. The Kier molecular flexibility index (Phi) is 9.47. The van der Waals surface area contributed by atoms with Crippen molar-refractivity contribution in [2.24, 2.45) is 5.92 Å². The zero-order chi connectivity index (χ0) is 30.6. The molecule has 0 unspecified atom stereocenters. The first kappa shape index (κ1) is 30.9. The summed E-state index contributed by atoms with van der Waals surface area (Å²) in [5, 5.41) is 5.61. The number of carbonyl (C=O) groups is 4. The van der Waals surface area contributed by atoms with Crippen LogP contribution in [0, 0.1) is 11.7 Å². The summed E-state index contributed by atoms with van der Waals surface area (Å²) in [7, 11) is 0. The van der Waals surface area contributed by atoms with Crippen molar-refractivity contribution in [1.29, 1.82) is 0 Å². The fourth-order valence-corrected chi connectivity index (χ4v) is 5.11. The molecule has 226 valence electrons. The van der Waals surface area contributed by atoms with Crippen LogP contribution in [0.3, 0.4) is 0 Å². The summed E-state index contributed by atoms with van der Waals surface area (Å²) in [6, 6.07) is 4.40. The van der Waals surface area contributed by atoms with Crippen molar-refractivity contribution in [3.63, 3.8) is 0 Å². The van der Waals surface area contributed by atoms with E-state index in [9.17, 15) is 36.7 Å². The number of aryl methyl sites for hydroxylation is 1. The van der Waals surface area contributed by atoms with Crippen LogP contribution >= 0.6 is 0 Å². The average molecular weight is 592 g/mol. The molecule has 9 nitrogen and oxygen atoms in total. The van der Waals surface area contributed by atoms with Crippen LogP contribution in [0.5, 0.6) is 0 Å². The summed E-state index contributed by atoms with van der Waals surface area (Å²) < 4.78 is 53.7. The third-order valence-electron chi connectivity index (χ3n) is 7.51. The van der Waals surface area contributed by atoms with Gasteiger partial charge in [0, 0.05) is 31.9 Å². The highest BCUT2D eigenvalue weighted by Crippen LogP contribution is 2.27. The van der Waals surface area contributed by atoms with Crippen LogP contribution in [0.4, 0.5) is 17.6 Å². The second kappa shape index (κ2) is 12.9. The standard InChI is InChI=1S/C29H33F4N5O4/c1-17(2)22-15-37(27(41)19-8-10-24(35-14-19)29(31,32)33)16-25(39)34-11-3-5-18-7-9-21(30)20(13-18)28(42)38-12-4-6-23(38)26(40)36-22/h7-10,13-14,17,22-23H,3-6,11-12,15-16H2,1-2H3,(H,34,39)(H,36,40)/t22-,23-/m0/s1. The molecule has 0 spiro atoms. The fourth-order valence-electron chi connectivity index (χ4n) is 5.11. The number of alkyl halides is 3. The molecule has 42 heavy (non-hydrogen) atoms. The van der Waals surface area contributed by atoms with Crippen molar-refractivity contribution >= 4 is 23.6 Å². The van der Waals surface area contributed by atoms with E-state index in [0.29, 0.717) is 37.3 Å². The number of hydrogen-bond donors (Lipinski definition) is 2. The molecule has 1 aromatic heterocycles. The number of halogens is 4. The van der Waals surface area contributed by atoms with E-state index in [1.165, 1.54) is 21.9 Å². The largest absolute Gasteiger partial charge is 0.433 e. The maximum atomic E-state index is 14.7. The molecule has 1 fully saturated rings. The van der Waals surface area contributed by atoms with Crippen LogP contribution in [0.25, 0.3) is 0 Å². The van der Waals surface area contributed by atoms with Gasteiger partial charge in [0.25, 0.3) is 11.8 Å². The lowest BCUT2D eigenvalue weighted by atomic mass is 10.0. The van der Waals surface area contributed by atoms with Gasteiger partial charge in [-0.1, -0.05) is 19.9 Å². The Balaban J connectivity index is 1.64. The third kappa shape index (κ3) is 7.24. The van der Waals surface area contributed by atoms with E-state index in [1.54, 1.807) is 19.9 Å². The van der Waals surface area contributed by atoms with Crippen LogP contribution in [-0.2, 0) is 22.2 Å². The summed E-state index contributed by atoms with van der Waals surface area (Å²) >= 11 is 0. The first-order valence-electron chi connectivity index (χ1n) is 13.8. The van der Waals surface area contributed by atoms with Gasteiger partial charge in [0.2, 0.25) is 11.8 Å². The predicted molar refractivity (Wildman–Crippen MR) is 144 cm³/mol. The minimum Gasteiger partial charge on any atom is -0.355 e. The van der Waals surface area contributed by atoms with E-state index >= 15 is 0 Å². The van der Waals surface area contributed by atoms with Crippen molar-refractivity contribution < 1.29 is 36.7 Å². The molecule has 0 radical (unpaired) electrons. The van der Waals surface area contributed by atoms with Gasteiger partial charge in [-0.15, -0.1) is 0 Å². The number of carbonyl (C=O) groups excluding carboxylic acids is 4. The number of nitrogens with one attached hydrogen (secondary N) is 2. The molecule has 2 N–H and O–H groups in total. The van der Waals surface area contributed by atoms with Gasteiger partial charge < -0.3 is 20.4 Å². The highest BCUT2D eigenvalue weighted by atomic mass is 19.4. The first-order valence-corrected chi connectivity index (χ1v) is 13.8. The number of nitrogens with zero attached hydrogens (tertiary/aromatic N) is 3. The normalized spacial score (nSPS) is 21.1. The average Bonchev–Trinajstić information content (AvgIpc) is 3.44. The van der Waals surface area contributed by atoms with Crippen molar-refractivity contribution in [3.8, 4) is 0 Å². The second-order valence-electron chi connectivity index (χ2n) is 10.9. The summed E-state index contributed by atoms with van der Waals surface area (Å²) in [5.74, 6) is -3.22. The van der Waals surface area contributed by atoms with Crippen molar-refractivity contribution in [1.82, 2.24) is 25.4 Å². The molecule has 2 atom stereocenters. The number of pyridine rings is 1. The first-order chi connectivity index (χ1) is 19.8. The van der Waals surface area contributed by atoms with Crippen LogP contribution in [-0.4, -0.2) is 76.7 Å². The van der Waals surface area contributed by atoms with E-state index in [-0.39, 0.29) is 36.7 Å². The highest BCUT2D eigenvalue weighted by Gasteiger charge is 2.37. The van der Waals surface area contributed by atoms with Crippen LogP contribution in [0.2, 0.25) is 0 Å². The molecule has 1 aromatic carbocycles. The van der Waals surface area contributed by atoms with E-state index in [0.717, 1.165) is 12.3 Å². The number of rotatable bonds is 2. The zero-order valence-corrected chi connectivity index (χ0v) is 23.3. The summed E-state index contributed by atoms with van der Waals surface area (Å²) in [5.41, 5.74) is -0.744. The maximum absolute atomic E-state index is 14.7. The second-order valence-corrected chi connectivity index (χ2v) is 10.9. The van der Waals surface area contributed by atoms with Crippen LogP contribution < -0.4 is 10.6 Å². The summed E-state index contributed by atoms with van der Waals surface area (Å²) in [6.07, 6.45) is -2.07. The zero-order valence-electron chi connectivity index (χ0n) is 23.3. The molecule has 1 saturated heterocycles. The van der Waals surface area contributed by atoms with Crippen LogP contribution in [0.15, 0.2) is 36.5 Å². The molecule has 2 aliphatic rings. The van der Waals surface area contributed by atoms with E-state index in [2.05, 4.69) is 15.6 Å². The van der Waals surface area contributed by atoms with Crippen molar-refractivity contribution in [3.05, 3.63) is 64.7 Å². The Morgan fingerprint density at radius 1 is 1.10 bits per heavy atom.